The third-order valence-electron chi connectivity index (χ3n) is 3.98. The number of hydrogen-bond donors (Lipinski definition) is 4. The summed E-state index contributed by atoms with van der Waals surface area (Å²) in [6.07, 6.45) is 7.25. The second-order valence-electron chi connectivity index (χ2n) is 5.65. The summed E-state index contributed by atoms with van der Waals surface area (Å²) in [5.74, 6) is 0. The fourth-order valence-electron chi connectivity index (χ4n) is 2.75. The van der Waals surface area contributed by atoms with E-state index in [0.29, 0.717) is 5.11 Å². The number of hydrazone groups is 2. The largest absolute Gasteiger partial charge is 0.361 e. The van der Waals surface area contributed by atoms with E-state index in [1.54, 1.807) is 12.4 Å². The number of nitrogens with one attached hydrogen (secondary N) is 4. The predicted octanol–water partition coefficient (Wildman–Crippen LogP) is 3.48. The van der Waals surface area contributed by atoms with E-state index in [0.717, 1.165) is 32.9 Å². The Morgan fingerprint density at radius 3 is 1.73 bits per heavy atom. The number of rotatable bonds is 4. The third kappa shape index (κ3) is 3.33. The Bertz CT molecular complexity index is 1030. The number of hydrogen-bond acceptors (Lipinski definition) is 3. The fourth-order valence-corrected chi connectivity index (χ4v) is 2.85. The third-order valence-corrected chi connectivity index (χ3v) is 4.16. The van der Waals surface area contributed by atoms with E-state index < -0.39 is 0 Å². The normalized spacial score (nSPS) is 11.7. The molecule has 0 atom stereocenters. The van der Waals surface area contributed by atoms with Gasteiger partial charge in [-0.3, -0.25) is 10.9 Å². The van der Waals surface area contributed by atoms with Gasteiger partial charge in [0.2, 0.25) is 5.11 Å². The van der Waals surface area contributed by atoms with Gasteiger partial charge in [-0.05, 0) is 24.4 Å². The van der Waals surface area contributed by atoms with E-state index in [-0.39, 0.29) is 0 Å². The molecule has 0 spiro atoms. The van der Waals surface area contributed by atoms with Crippen LogP contribution in [0.3, 0.4) is 0 Å². The molecule has 0 aliphatic rings. The van der Waals surface area contributed by atoms with Gasteiger partial charge in [-0.25, -0.2) is 0 Å². The summed E-state index contributed by atoms with van der Waals surface area (Å²) in [7, 11) is 0. The van der Waals surface area contributed by atoms with E-state index in [1.165, 1.54) is 0 Å². The maximum atomic E-state index is 5.17. The van der Waals surface area contributed by atoms with Crippen molar-refractivity contribution in [2.45, 2.75) is 0 Å². The lowest BCUT2D eigenvalue weighted by molar-refractivity contribution is 0.935. The Kier molecular flexibility index (Phi) is 4.44. The van der Waals surface area contributed by atoms with Crippen LogP contribution < -0.4 is 10.9 Å². The Labute approximate surface area is 155 Å². The van der Waals surface area contributed by atoms with Crippen molar-refractivity contribution in [1.82, 2.24) is 20.8 Å². The highest BCUT2D eigenvalue weighted by Crippen LogP contribution is 2.16. The minimum absolute atomic E-state index is 0.317. The molecule has 0 amide bonds. The number of nitrogens with zero attached hydrogens (tertiary/aromatic N) is 2. The lowest BCUT2D eigenvalue weighted by Crippen LogP contribution is -2.28. The van der Waals surface area contributed by atoms with Gasteiger partial charge in [-0.15, -0.1) is 0 Å². The van der Waals surface area contributed by atoms with Crippen LogP contribution in [-0.2, 0) is 0 Å². The maximum absolute atomic E-state index is 5.17. The summed E-state index contributed by atoms with van der Waals surface area (Å²) in [6, 6.07) is 16.1. The molecule has 26 heavy (non-hydrogen) atoms. The molecule has 2 aromatic carbocycles. The molecule has 0 saturated carbocycles. The van der Waals surface area contributed by atoms with Crippen LogP contribution in [-0.4, -0.2) is 27.5 Å². The number of aromatic nitrogens is 2. The molecule has 7 heteroatoms. The molecule has 0 unspecified atom stereocenters. The van der Waals surface area contributed by atoms with Crippen molar-refractivity contribution < 1.29 is 0 Å². The first kappa shape index (κ1) is 16.0. The first-order chi connectivity index (χ1) is 12.8. The second kappa shape index (κ2) is 7.20. The second-order valence-corrected chi connectivity index (χ2v) is 6.06. The molecular weight excluding hydrogens is 344 g/mol. The van der Waals surface area contributed by atoms with Crippen LogP contribution >= 0.6 is 12.2 Å². The maximum Gasteiger partial charge on any atom is 0.207 e. The zero-order valence-electron chi connectivity index (χ0n) is 13.7. The van der Waals surface area contributed by atoms with Crippen LogP contribution in [0.25, 0.3) is 21.8 Å². The van der Waals surface area contributed by atoms with Crippen LogP contribution in [0.15, 0.2) is 71.1 Å². The highest BCUT2D eigenvalue weighted by atomic mass is 32.1. The molecule has 0 fully saturated rings. The minimum atomic E-state index is 0.317. The molecule has 2 aromatic heterocycles. The lowest BCUT2D eigenvalue weighted by Gasteiger charge is -2.00. The van der Waals surface area contributed by atoms with Crippen molar-refractivity contribution in [3.8, 4) is 0 Å². The molecule has 4 N–H and O–H groups in total. The van der Waals surface area contributed by atoms with E-state index in [2.05, 4.69) is 31.0 Å². The SMILES string of the molecule is S=C(N/N=C/c1c[nH]c2ccccc12)N/N=C/c1c[nH]c2ccccc12. The summed E-state index contributed by atoms with van der Waals surface area (Å²) in [5, 5.41) is 10.8. The Hall–Kier alpha value is -3.45. The highest BCUT2D eigenvalue weighted by molar-refractivity contribution is 7.80. The molecule has 0 bridgehead atoms. The van der Waals surface area contributed by atoms with Crippen LogP contribution in [0.2, 0.25) is 0 Å². The molecule has 4 rings (SSSR count). The van der Waals surface area contributed by atoms with Gasteiger partial charge in [-0.1, -0.05) is 36.4 Å². The summed E-state index contributed by atoms with van der Waals surface area (Å²) in [4.78, 5) is 6.39. The molecule has 0 aliphatic heterocycles. The van der Waals surface area contributed by atoms with Crippen molar-refractivity contribution >= 4 is 51.6 Å². The van der Waals surface area contributed by atoms with E-state index in [9.17, 15) is 0 Å². The van der Waals surface area contributed by atoms with Gasteiger partial charge >= 0.3 is 0 Å². The molecule has 0 aliphatic carbocycles. The van der Waals surface area contributed by atoms with Gasteiger partial charge in [0.05, 0.1) is 12.4 Å². The quantitative estimate of drug-likeness (QED) is 0.256. The minimum Gasteiger partial charge on any atom is -0.361 e. The van der Waals surface area contributed by atoms with Crippen molar-refractivity contribution in [3.63, 3.8) is 0 Å². The van der Waals surface area contributed by atoms with E-state index in [4.69, 9.17) is 12.2 Å². The summed E-state index contributed by atoms with van der Waals surface area (Å²) < 4.78 is 0. The van der Waals surface area contributed by atoms with Gasteiger partial charge in [0, 0.05) is 45.3 Å². The first-order valence-electron chi connectivity index (χ1n) is 8.05. The number of fused-ring (bicyclic) bond motifs is 2. The van der Waals surface area contributed by atoms with E-state index in [1.807, 2.05) is 60.9 Å². The number of H-pyrrole nitrogens is 2. The topological polar surface area (TPSA) is 80.4 Å². The number of thiocarbonyl (C=S) groups is 1. The highest BCUT2D eigenvalue weighted by Gasteiger charge is 2.00. The molecule has 128 valence electrons. The van der Waals surface area contributed by atoms with Crippen LogP contribution in [0.4, 0.5) is 0 Å². The molecule has 2 heterocycles. The van der Waals surface area contributed by atoms with Crippen LogP contribution in [0.5, 0.6) is 0 Å². The average Bonchev–Trinajstić information content (AvgIpc) is 3.27. The molecule has 0 radical (unpaired) electrons. The number of aromatic amines is 2. The molecule has 0 saturated heterocycles. The van der Waals surface area contributed by atoms with Gasteiger partial charge < -0.3 is 9.97 Å². The smallest absolute Gasteiger partial charge is 0.207 e. The molecular formula is C19H16N6S. The van der Waals surface area contributed by atoms with Crippen molar-refractivity contribution in [3.05, 3.63) is 72.1 Å². The summed E-state index contributed by atoms with van der Waals surface area (Å²) >= 11 is 5.17. The Morgan fingerprint density at radius 2 is 1.23 bits per heavy atom. The lowest BCUT2D eigenvalue weighted by atomic mass is 10.2. The number of benzene rings is 2. The van der Waals surface area contributed by atoms with Crippen molar-refractivity contribution in [2.75, 3.05) is 0 Å². The predicted molar refractivity (Wildman–Crippen MR) is 111 cm³/mol. The van der Waals surface area contributed by atoms with Gasteiger partial charge in [0.1, 0.15) is 0 Å². The van der Waals surface area contributed by atoms with Crippen molar-refractivity contribution in [1.29, 1.82) is 0 Å². The molecule has 6 nitrogen and oxygen atoms in total. The number of para-hydroxylation sites is 2. The first-order valence-corrected chi connectivity index (χ1v) is 8.46. The monoisotopic (exact) mass is 360 g/mol. The Balaban J connectivity index is 1.35. The van der Waals surface area contributed by atoms with Crippen molar-refractivity contribution in [2.24, 2.45) is 10.2 Å². The zero-order valence-corrected chi connectivity index (χ0v) is 14.5. The van der Waals surface area contributed by atoms with Gasteiger partial charge in [0.15, 0.2) is 0 Å². The summed E-state index contributed by atoms with van der Waals surface area (Å²) in [6.45, 7) is 0. The average molecular weight is 360 g/mol. The zero-order chi connectivity index (χ0) is 17.8. The van der Waals surface area contributed by atoms with Crippen LogP contribution in [0, 0.1) is 0 Å². The molecule has 4 aromatic rings. The van der Waals surface area contributed by atoms with Gasteiger partial charge in [0.25, 0.3) is 0 Å². The summed E-state index contributed by atoms with van der Waals surface area (Å²) in [5.41, 5.74) is 9.62. The van der Waals surface area contributed by atoms with Gasteiger partial charge in [-0.2, -0.15) is 10.2 Å². The van der Waals surface area contributed by atoms with E-state index >= 15 is 0 Å². The Morgan fingerprint density at radius 1 is 0.769 bits per heavy atom. The van der Waals surface area contributed by atoms with Crippen LogP contribution in [0.1, 0.15) is 11.1 Å². The standard InChI is InChI=1S/C19H16N6S/c26-19(24-22-11-13-9-20-17-7-3-1-5-15(13)17)25-23-12-14-10-21-18-8-4-2-6-16(14)18/h1-12,20-21H,(H2,24,25,26)/b22-11+,23-12+. The fraction of sp³-hybridized carbons (Fsp3) is 0.